The van der Waals surface area contributed by atoms with E-state index in [0.29, 0.717) is 18.5 Å². The number of hydrogen-bond acceptors (Lipinski definition) is 6. The summed E-state index contributed by atoms with van der Waals surface area (Å²) in [6, 6.07) is 23.5. The highest BCUT2D eigenvalue weighted by Gasteiger charge is 2.44. The lowest BCUT2D eigenvalue weighted by Gasteiger charge is -2.27. The van der Waals surface area contributed by atoms with Crippen molar-refractivity contribution in [2.24, 2.45) is 0 Å². The van der Waals surface area contributed by atoms with Gasteiger partial charge in [-0.25, -0.2) is 0 Å². The molecule has 4 aromatic rings. The summed E-state index contributed by atoms with van der Waals surface area (Å²) in [5, 5.41) is 11.8. The minimum absolute atomic E-state index is 0.0244. The van der Waals surface area contributed by atoms with Gasteiger partial charge in [0.1, 0.15) is 11.3 Å². The van der Waals surface area contributed by atoms with Crippen LogP contribution in [-0.4, -0.2) is 49.4 Å². The summed E-state index contributed by atoms with van der Waals surface area (Å²) in [6.45, 7) is 0.312. The lowest BCUT2D eigenvalue weighted by Crippen LogP contribution is -2.33. The number of rotatable bonds is 8. The molecule has 37 heavy (non-hydrogen) atoms. The van der Waals surface area contributed by atoms with E-state index in [4.69, 9.17) is 9.15 Å². The number of ketones is 1. The Labute approximate surface area is 215 Å². The van der Waals surface area contributed by atoms with E-state index < -0.39 is 23.5 Å². The topological polar surface area (TPSA) is 83.2 Å². The van der Waals surface area contributed by atoms with Crippen LogP contribution in [0.2, 0.25) is 0 Å². The van der Waals surface area contributed by atoms with Crippen LogP contribution in [0.4, 0.5) is 5.69 Å². The molecule has 1 N–H and O–H groups in total. The number of aliphatic hydroxyl groups excluding tert-OH is 1. The first-order valence-electron chi connectivity index (χ1n) is 12.0. The molecule has 3 aromatic carbocycles. The van der Waals surface area contributed by atoms with Gasteiger partial charge in [0.15, 0.2) is 11.5 Å². The molecule has 0 spiro atoms. The Bertz CT molecular complexity index is 1450. The van der Waals surface area contributed by atoms with E-state index in [0.717, 1.165) is 28.0 Å². The van der Waals surface area contributed by atoms with E-state index in [1.54, 1.807) is 24.1 Å². The van der Waals surface area contributed by atoms with Gasteiger partial charge in [0.2, 0.25) is 5.78 Å². The number of furan rings is 1. The largest absolute Gasteiger partial charge is 0.503 e. The van der Waals surface area contributed by atoms with Crippen LogP contribution in [0.3, 0.4) is 0 Å². The van der Waals surface area contributed by atoms with Gasteiger partial charge in [-0.3, -0.25) is 9.59 Å². The number of fused-ring (bicyclic) bond motifs is 1. The summed E-state index contributed by atoms with van der Waals surface area (Å²) in [5.41, 5.74) is 3.31. The predicted molar refractivity (Wildman–Crippen MR) is 142 cm³/mol. The Kier molecular flexibility index (Phi) is 6.44. The fraction of sp³-hybridized carbons (Fsp3) is 0.200. The highest BCUT2D eigenvalue weighted by atomic mass is 16.5. The third-order valence-electron chi connectivity index (χ3n) is 6.72. The number of carbonyl (C=O) groups excluding carboxylic acids is 2. The Morgan fingerprint density at radius 3 is 2.38 bits per heavy atom. The SMILES string of the molecule is COc1ccc(CCN2C(=O)C(O)=C(C(=O)c3cc4ccccc4o3)C2c2ccc(N(C)C)cc2)cc1. The maximum absolute atomic E-state index is 13.7. The van der Waals surface area contributed by atoms with Crippen LogP contribution in [-0.2, 0) is 11.2 Å². The molecular weight excluding hydrogens is 468 g/mol. The summed E-state index contributed by atoms with van der Waals surface area (Å²) < 4.78 is 11.0. The number of benzene rings is 3. The molecule has 1 aliphatic heterocycles. The van der Waals surface area contributed by atoms with Gasteiger partial charge in [-0.1, -0.05) is 42.5 Å². The molecular formula is C30H28N2O5. The van der Waals surface area contributed by atoms with Gasteiger partial charge in [0.25, 0.3) is 5.91 Å². The second-order valence-corrected chi connectivity index (χ2v) is 9.23. The van der Waals surface area contributed by atoms with Crippen molar-refractivity contribution in [3.8, 4) is 5.75 Å². The molecule has 1 unspecified atom stereocenters. The Balaban J connectivity index is 1.51. The van der Waals surface area contributed by atoms with E-state index in [-0.39, 0.29) is 11.3 Å². The first kappa shape index (κ1) is 24.2. The average Bonchev–Trinajstić information content (AvgIpc) is 3.46. The van der Waals surface area contributed by atoms with E-state index >= 15 is 0 Å². The second kappa shape index (κ2) is 9.85. The summed E-state index contributed by atoms with van der Waals surface area (Å²) in [5.74, 6) is -0.785. The number of amides is 1. The van der Waals surface area contributed by atoms with Crippen LogP contribution in [0.5, 0.6) is 5.75 Å². The fourth-order valence-electron chi connectivity index (χ4n) is 4.69. The fourth-order valence-corrected chi connectivity index (χ4v) is 4.69. The van der Waals surface area contributed by atoms with Crippen LogP contribution >= 0.6 is 0 Å². The number of hydrogen-bond donors (Lipinski definition) is 1. The maximum Gasteiger partial charge on any atom is 0.290 e. The molecule has 1 aromatic heterocycles. The van der Waals surface area contributed by atoms with Gasteiger partial charge < -0.3 is 24.1 Å². The van der Waals surface area contributed by atoms with Crippen molar-refractivity contribution < 1.29 is 23.8 Å². The van der Waals surface area contributed by atoms with Crippen molar-refractivity contribution in [2.45, 2.75) is 12.5 Å². The third-order valence-corrected chi connectivity index (χ3v) is 6.72. The first-order chi connectivity index (χ1) is 17.9. The molecule has 0 saturated carbocycles. The van der Waals surface area contributed by atoms with Gasteiger partial charge in [0.05, 0.1) is 18.7 Å². The predicted octanol–water partition coefficient (Wildman–Crippen LogP) is 5.33. The van der Waals surface area contributed by atoms with Crippen LogP contribution in [0.25, 0.3) is 11.0 Å². The molecule has 5 rings (SSSR count). The van der Waals surface area contributed by atoms with Gasteiger partial charge in [0, 0.05) is 31.7 Å². The molecule has 1 aliphatic rings. The number of methoxy groups -OCH3 is 1. The summed E-state index contributed by atoms with van der Waals surface area (Å²) in [7, 11) is 5.49. The molecule has 7 heteroatoms. The highest BCUT2D eigenvalue weighted by molar-refractivity contribution is 6.16. The molecule has 1 amide bonds. The first-order valence-corrected chi connectivity index (χ1v) is 12.0. The zero-order chi connectivity index (χ0) is 26.1. The molecule has 1 atom stereocenters. The summed E-state index contributed by atoms with van der Waals surface area (Å²) in [6.07, 6.45) is 0.543. The lowest BCUT2D eigenvalue weighted by molar-refractivity contribution is -0.129. The molecule has 0 aliphatic carbocycles. The number of carbonyl (C=O) groups is 2. The number of aliphatic hydroxyl groups is 1. The van der Waals surface area contributed by atoms with Gasteiger partial charge in [-0.05, 0) is 53.9 Å². The Morgan fingerprint density at radius 2 is 1.73 bits per heavy atom. The molecule has 2 heterocycles. The highest BCUT2D eigenvalue weighted by Crippen LogP contribution is 2.40. The van der Waals surface area contributed by atoms with Gasteiger partial charge in [-0.2, -0.15) is 0 Å². The molecule has 0 bridgehead atoms. The van der Waals surface area contributed by atoms with Gasteiger partial charge >= 0.3 is 0 Å². The van der Waals surface area contributed by atoms with Crippen LogP contribution < -0.4 is 9.64 Å². The second-order valence-electron chi connectivity index (χ2n) is 9.23. The minimum Gasteiger partial charge on any atom is -0.503 e. The molecule has 0 radical (unpaired) electrons. The normalized spacial score (nSPS) is 15.5. The monoisotopic (exact) mass is 496 g/mol. The Hall–Kier alpha value is -4.52. The zero-order valence-electron chi connectivity index (χ0n) is 21.0. The van der Waals surface area contributed by atoms with Crippen LogP contribution in [0.15, 0.2) is 94.6 Å². The van der Waals surface area contributed by atoms with Crippen molar-refractivity contribution in [1.29, 1.82) is 0 Å². The molecule has 188 valence electrons. The van der Waals surface area contributed by atoms with Crippen molar-refractivity contribution in [3.05, 3.63) is 107 Å². The van der Waals surface area contributed by atoms with Crippen LogP contribution in [0.1, 0.15) is 27.7 Å². The standard InChI is InChI=1S/C30H28N2O5/c1-31(2)22-12-10-20(11-13-22)27-26(28(33)25-18-21-6-4-5-7-24(21)37-25)29(34)30(35)32(27)17-16-19-8-14-23(36-3)15-9-19/h4-15,18,27,34H,16-17H2,1-3H3. The summed E-state index contributed by atoms with van der Waals surface area (Å²) >= 11 is 0. The average molecular weight is 497 g/mol. The van der Waals surface area contributed by atoms with E-state index in [1.165, 1.54) is 0 Å². The molecule has 0 saturated heterocycles. The zero-order valence-corrected chi connectivity index (χ0v) is 21.0. The molecule has 7 nitrogen and oxygen atoms in total. The number of ether oxygens (including phenoxy) is 1. The van der Waals surface area contributed by atoms with Gasteiger partial charge in [-0.15, -0.1) is 0 Å². The third kappa shape index (κ3) is 4.56. The van der Waals surface area contributed by atoms with Crippen molar-refractivity contribution in [1.82, 2.24) is 4.90 Å². The van der Waals surface area contributed by atoms with Crippen molar-refractivity contribution >= 4 is 28.3 Å². The Morgan fingerprint density at radius 1 is 1.03 bits per heavy atom. The number of para-hydroxylation sites is 1. The summed E-state index contributed by atoms with van der Waals surface area (Å²) in [4.78, 5) is 30.5. The lowest BCUT2D eigenvalue weighted by atomic mass is 9.94. The van der Waals surface area contributed by atoms with E-state index in [2.05, 4.69) is 0 Å². The van der Waals surface area contributed by atoms with Crippen LogP contribution in [0, 0.1) is 0 Å². The van der Waals surface area contributed by atoms with Crippen molar-refractivity contribution in [3.63, 3.8) is 0 Å². The number of Topliss-reactive ketones (excluding diaryl/α,β-unsaturated/α-hetero) is 1. The minimum atomic E-state index is -0.748. The molecule has 0 fully saturated rings. The van der Waals surface area contributed by atoms with Crippen molar-refractivity contribution in [2.75, 3.05) is 32.6 Å². The quantitative estimate of drug-likeness (QED) is 0.332. The smallest absolute Gasteiger partial charge is 0.290 e. The van der Waals surface area contributed by atoms with E-state index in [9.17, 15) is 14.7 Å². The number of anilines is 1. The number of nitrogens with zero attached hydrogens (tertiary/aromatic N) is 2. The maximum atomic E-state index is 13.7. The van der Waals surface area contributed by atoms with E-state index in [1.807, 2.05) is 85.7 Å².